The van der Waals surface area contributed by atoms with Crippen LogP contribution in [0.3, 0.4) is 0 Å². The van der Waals surface area contributed by atoms with E-state index >= 15 is 0 Å². The van der Waals surface area contributed by atoms with E-state index in [9.17, 15) is 14.3 Å². The third kappa shape index (κ3) is 5.10. The Bertz CT molecular complexity index is 920. The molecule has 2 fully saturated rings. The van der Waals surface area contributed by atoms with Gasteiger partial charge in [0.15, 0.2) is 0 Å². The molecule has 0 saturated heterocycles. The standard InChI is InChI=1S/C24H31FN4O2/c1-14-10-16(12-17(26)11-14)19-8-9-27-13-22(19)29-24(31)21-7-6-20(25)23(28-21)15-2-4-18(30)5-3-15/h6-9,13-18,30H,2-5,10-12,26H2,1H3,(H,29,31)/t14-,15?,16+,17+,18?/m0/s1. The topological polar surface area (TPSA) is 101 Å². The van der Waals surface area contributed by atoms with E-state index < -0.39 is 5.82 Å². The summed E-state index contributed by atoms with van der Waals surface area (Å²) in [6.07, 6.45) is 8.58. The summed E-state index contributed by atoms with van der Waals surface area (Å²) < 4.78 is 14.4. The lowest BCUT2D eigenvalue weighted by Crippen LogP contribution is -2.31. The van der Waals surface area contributed by atoms with Gasteiger partial charge in [0.1, 0.15) is 11.5 Å². The van der Waals surface area contributed by atoms with E-state index in [-0.39, 0.29) is 35.6 Å². The van der Waals surface area contributed by atoms with Gasteiger partial charge in [0.25, 0.3) is 5.91 Å². The minimum atomic E-state index is -0.398. The average molecular weight is 427 g/mol. The maximum Gasteiger partial charge on any atom is 0.274 e. The highest BCUT2D eigenvalue weighted by Crippen LogP contribution is 2.38. The fourth-order valence-electron chi connectivity index (χ4n) is 5.18. The van der Waals surface area contributed by atoms with E-state index in [1.807, 2.05) is 6.07 Å². The summed E-state index contributed by atoms with van der Waals surface area (Å²) in [5, 5.41) is 12.7. The van der Waals surface area contributed by atoms with E-state index in [4.69, 9.17) is 5.73 Å². The molecule has 2 saturated carbocycles. The number of carbonyl (C=O) groups excluding carboxylic acids is 1. The van der Waals surface area contributed by atoms with Crippen molar-refractivity contribution < 1.29 is 14.3 Å². The number of hydrogen-bond acceptors (Lipinski definition) is 5. The van der Waals surface area contributed by atoms with Crippen molar-refractivity contribution in [2.45, 2.75) is 75.9 Å². The van der Waals surface area contributed by atoms with E-state index in [0.717, 1.165) is 24.8 Å². The Kier molecular flexibility index (Phi) is 6.62. The fraction of sp³-hybridized carbons (Fsp3) is 0.542. The minimum absolute atomic E-state index is 0.0738. The van der Waals surface area contributed by atoms with Gasteiger partial charge in [-0.15, -0.1) is 0 Å². The molecule has 166 valence electrons. The maximum absolute atomic E-state index is 14.4. The number of anilines is 1. The van der Waals surface area contributed by atoms with Crippen LogP contribution in [0.4, 0.5) is 10.1 Å². The van der Waals surface area contributed by atoms with Gasteiger partial charge in [-0.1, -0.05) is 6.92 Å². The third-order valence-electron chi connectivity index (χ3n) is 6.71. The lowest BCUT2D eigenvalue weighted by molar-refractivity contribution is 0.102. The summed E-state index contributed by atoms with van der Waals surface area (Å²) in [5.74, 6) is -0.0525. The molecule has 2 aromatic heterocycles. The number of nitrogens with one attached hydrogen (secondary N) is 1. The molecule has 3 atom stereocenters. The molecule has 0 aliphatic heterocycles. The van der Waals surface area contributed by atoms with Crippen molar-refractivity contribution in [3.8, 4) is 0 Å². The highest BCUT2D eigenvalue weighted by molar-refractivity contribution is 6.03. The predicted molar refractivity (Wildman–Crippen MR) is 117 cm³/mol. The SMILES string of the molecule is C[C@@H]1C[C@@H](N)C[C@H](c2ccncc2NC(=O)c2ccc(F)c(C3CCC(O)CC3)n2)C1. The Morgan fingerprint density at radius 1 is 1.13 bits per heavy atom. The molecule has 4 N–H and O–H groups in total. The maximum atomic E-state index is 14.4. The number of aliphatic hydroxyl groups is 1. The third-order valence-corrected chi connectivity index (χ3v) is 6.71. The first-order valence-corrected chi connectivity index (χ1v) is 11.3. The van der Waals surface area contributed by atoms with Gasteiger partial charge in [-0.3, -0.25) is 9.78 Å². The molecular formula is C24H31FN4O2. The number of carbonyl (C=O) groups is 1. The van der Waals surface area contributed by atoms with Crippen molar-refractivity contribution in [3.05, 3.63) is 53.4 Å². The van der Waals surface area contributed by atoms with Crippen molar-refractivity contribution in [2.24, 2.45) is 11.7 Å². The van der Waals surface area contributed by atoms with Crippen LogP contribution < -0.4 is 11.1 Å². The van der Waals surface area contributed by atoms with E-state index in [1.54, 1.807) is 12.4 Å². The monoisotopic (exact) mass is 426 g/mol. The number of halogens is 1. The summed E-state index contributed by atoms with van der Waals surface area (Å²) in [4.78, 5) is 21.5. The molecule has 2 aliphatic carbocycles. The van der Waals surface area contributed by atoms with Crippen molar-refractivity contribution in [3.63, 3.8) is 0 Å². The lowest BCUT2D eigenvalue weighted by atomic mass is 9.76. The van der Waals surface area contributed by atoms with E-state index in [2.05, 4.69) is 22.2 Å². The van der Waals surface area contributed by atoms with Crippen LogP contribution in [0.1, 0.15) is 85.5 Å². The average Bonchev–Trinajstić information content (AvgIpc) is 2.74. The van der Waals surface area contributed by atoms with Gasteiger partial charge in [0.05, 0.1) is 23.7 Å². The van der Waals surface area contributed by atoms with Crippen molar-refractivity contribution >= 4 is 11.6 Å². The summed E-state index contributed by atoms with van der Waals surface area (Å²) in [6, 6.07) is 4.83. The van der Waals surface area contributed by atoms with Crippen LogP contribution in [0, 0.1) is 11.7 Å². The number of rotatable bonds is 4. The first-order valence-electron chi connectivity index (χ1n) is 11.3. The fourth-order valence-corrected chi connectivity index (χ4v) is 5.18. The highest BCUT2D eigenvalue weighted by Gasteiger charge is 2.28. The van der Waals surface area contributed by atoms with Gasteiger partial charge < -0.3 is 16.2 Å². The molecule has 0 unspecified atom stereocenters. The quantitative estimate of drug-likeness (QED) is 0.683. The zero-order chi connectivity index (χ0) is 22.0. The Morgan fingerprint density at radius 3 is 2.65 bits per heavy atom. The molecule has 0 spiro atoms. The molecule has 2 heterocycles. The summed E-state index contributed by atoms with van der Waals surface area (Å²) in [7, 11) is 0. The highest BCUT2D eigenvalue weighted by atomic mass is 19.1. The van der Waals surface area contributed by atoms with Crippen LogP contribution in [-0.2, 0) is 0 Å². The largest absolute Gasteiger partial charge is 0.393 e. The van der Waals surface area contributed by atoms with Crippen molar-refractivity contribution in [1.82, 2.24) is 9.97 Å². The van der Waals surface area contributed by atoms with Crippen LogP contribution in [0.25, 0.3) is 0 Å². The van der Waals surface area contributed by atoms with Gasteiger partial charge >= 0.3 is 0 Å². The zero-order valence-corrected chi connectivity index (χ0v) is 17.9. The molecule has 0 bridgehead atoms. The number of aromatic nitrogens is 2. The zero-order valence-electron chi connectivity index (χ0n) is 17.9. The van der Waals surface area contributed by atoms with Gasteiger partial charge in [-0.05, 0) is 80.5 Å². The molecule has 0 aromatic carbocycles. The van der Waals surface area contributed by atoms with Crippen molar-refractivity contribution in [1.29, 1.82) is 0 Å². The first-order chi connectivity index (χ1) is 14.9. The van der Waals surface area contributed by atoms with Crippen LogP contribution in [-0.4, -0.2) is 33.1 Å². The molecular weight excluding hydrogens is 395 g/mol. The van der Waals surface area contributed by atoms with Crippen LogP contribution in [0.5, 0.6) is 0 Å². The lowest BCUT2D eigenvalue weighted by Gasteiger charge is -2.32. The Hall–Kier alpha value is -2.38. The molecule has 4 rings (SSSR count). The van der Waals surface area contributed by atoms with E-state index in [1.165, 1.54) is 12.1 Å². The predicted octanol–water partition coefficient (Wildman–Crippen LogP) is 4.12. The molecule has 7 heteroatoms. The minimum Gasteiger partial charge on any atom is -0.393 e. The number of aliphatic hydroxyl groups excluding tert-OH is 1. The number of hydrogen-bond donors (Lipinski definition) is 3. The summed E-state index contributed by atoms with van der Waals surface area (Å²) in [5.41, 5.74) is 8.44. The van der Waals surface area contributed by atoms with Gasteiger partial charge in [0, 0.05) is 18.2 Å². The second kappa shape index (κ2) is 9.40. The van der Waals surface area contributed by atoms with E-state index in [0.29, 0.717) is 43.0 Å². The Morgan fingerprint density at radius 2 is 1.90 bits per heavy atom. The molecule has 2 aromatic rings. The number of nitrogens with zero attached hydrogens (tertiary/aromatic N) is 2. The smallest absolute Gasteiger partial charge is 0.274 e. The van der Waals surface area contributed by atoms with Gasteiger partial charge in [-0.2, -0.15) is 0 Å². The number of nitrogens with two attached hydrogens (primary N) is 1. The van der Waals surface area contributed by atoms with Gasteiger partial charge in [0.2, 0.25) is 0 Å². The molecule has 1 amide bonds. The normalized spacial score (nSPS) is 28.8. The number of pyridine rings is 2. The molecule has 2 aliphatic rings. The second-order valence-electron chi connectivity index (χ2n) is 9.26. The summed E-state index contributed by atoms with van der Waals surface area (Å²) >= 11 is 0. The van der Waals surface area contributed by atoms with Crippen LogP contribution in [0.15, 0.2) is 30.6 Å². The molecule has 31 heavy (non-hydrogen) atoms. The van der Waals surface area contributed by atoms with Crippen molar-refractivity contribution in [2.75, 3.05) is 5.32 Å². The Labute approximate surface area is 182 Å². The first kappa shape index (κ1) is 21.8. The van der Waals surface area contributed by atoms with Gasteiger partial charge in [-0.25, -0.2) is 9.37 Å². The van der Waals surface area contributed by atoms with Crippen LogP contribution >= 0.6 is 0 Å². The van der Waals surface area contributed by atoms with Crippen LogP contribution in [0.2, 0.25) is 0 Å². The summed E-state index contributed by atoms with van der Waals surface area (Å²) in [6.45, 7) is 2.21. The number of amides is 1. The Balaban J connectivity index is 1.53. The second-order valence-corrected chi connectivity index (χ2v) is 9.26. The molecule has 6 nitrogen and oxygen atoms in total. The molecule has 0 radical (unpaired) electrons.